The molecule has 5 heteroatoms. The highest BCUT2D eigenvalue weighted by Gasteiger charge is 2.11. The predicted octanol–water partition coefficient (Wildman–Crippen LogP) is 2.85. The van der Waals surface area contributed by atoms with Crippen molar-refractivity contribution in [3.05, 3.63) is 42.5 Å². The number of hydrogen-bond donors (Lipinski definition) is 1. The molecule has 0 aliphatic carbocycles. The van der Waals surface area contributed by atoms with E-state index < -0.39 is 0 Å². The van der Waals surface area contributed by atoms with Gasteiger partial charge in [-0.05, 0) is 31.5 Å². The number of imidazole rings is 1. The van der Waals surface area contributed by atoms with Crippen LogP contribution in [-0.4, -0.2) is 29.6 Å². The van der Waals surface area contributed by atoms with Crippen LogP contribution in [0.3, 0.4) is 0 Å². The maximum absolute atomic E-state index is 12.1. The smallest absolute Gasteiger partial charge is 0.226 e. The van der Waals surface area contributed by atoms with Gasteiger partial charge in [0.1, 0.15) is 0 Å². The average molecular weight is 286 g/mol. The van der Waals surface area contributed by atoms with Crippen molar-refractivity contribution in [1.82, 2.24) is 9.55 Å². The summed E-state index contributed by atoms with van der Waals surface area (Å²) in [5.74, 6) is 0.00441. The predicted molar refractivity (Wildman–Crippen MR) is 85.7 cm³/mol. The van der Waals surface area contributed by atoms with E-state index >= 15 is 0 Å². The van der Waals surface area contributed by atoms with Crippen LogP contribution in [-0.2, 0) is 4.79 Å². The van der Waals surface area contributed by atoms with Gasteiger partial charge in [0.05, 0.1) is 6.33 Å². The fourth-order valence-corrected chi connectivity index (χ4v) is 2.28. The minimum Gasteiger partial charge on any atom is -0.377 e. The molecule has 0 radical (unpaired) electrons. The number of aryl methyl sites for hydroxylation is 1. The Bertz CT molecular complexity index is 605. The molecule has 1 aromatic carbocycles. The van der Waals surface area contributed by atoms with Gasteiger partial charge < -0.3 is 14.8 Å². The number of nitrogens with one attached hydrogen (secondary N) is 1. The molecule has 0 bridgehead atoms. The highest BCUT2D eigenvalue weighted by Crippen LogP contribution is 2.23. The van der Waals surface area contributed by atoms with Gasteiger partial charge in [0.2, 0.25) is 5.91 Å². The molecule has 0 fully saturated rings. The van der Waals surface area contributed by atoms with Crippen LogP contribution in [0.2, 0.25) is 0 Å². The number of nitrogens with zero attached hydrogens (tertiary/aromatic N) is 3. The topological polar surface area (TPSA) is 50.2 Å². The fourth-order valence-electron chi connectivity index (χ4n) is 2.28. The van der Waals surface area contributed by atoms with Gasteiger partial charge in [-0.25, -0.2) is 4.98 Å². The Morgan fingerprint density at radius 3 is 2.81 bits per heavy atom. The van der Waals surface area contributed by atoms with Crippen LogP contribution < -0.4 is 10.2 Å². The van der Waals surface area contributed by atoms with E-state index in [1.54, 1.807) is 12.5 Å². The Morgan fingerprint density at radius 2 is 2.19 bits per heavy atom. The summed E-state index contributed by atoms with van der Waals surface area (Å²) < 4.78 is 1.93. The van der Waals surface area contributed by atoms with Crippen molar-refractivity contribution in [3.63, 3.8) is 0 Å². The van der Waals surface area contributed by atoms with Gasteiger partial charge in [0, 0.05) is 50.3 Å². The summed E-state index contributed by atoms with van der Waals surface area (Å²) in [6.45, 7) is 4.06. The molecule has 21 heavy (non-hydrogen) atoms. The quantitative estimate of drug-likeness (QED) is 0.919. The van der Waals surface area contributed by atoms with Crippen LogP contribution in [0.15, 0.2) is 36.9 Å². The molecule has 2 aromatic rings. The lowest BCUT2D eigenvalue weighted by molar-refractivity contribution is -0.116. The van der Waals surface area contributed by atoms with Gasteiger partial charge in [-0.2, -0.15) is 0 Å². The molecule has 0 unspecified atom stereocenters. The van der Waals surface area contributed by atoms with Crippen molar-refractivity contribution in [2.75, 3.05) is 24.3 Å². The molecule has 0 spiro atoms. The van der Waals surface area contributed by atoms with E-state index in [1.807, 2.05) is 54.9 Å². The SMILES string of the molecule is Cc1ccc(NC(=O)C[C@H](C)n2ccnc2)cc1N(C)C. The molecular weight excluding hydrogens is 264 g/mol. The highest BCUT2D eigenvalue weighted by molar-refractivity contribution is 5.91. The van der Waals surface area contributed by atoms with Crippen LogP contribution in [0.1, 0.15) is 24.9 Å². The first-order valence-corrected chi connectivity index (χ1v) is 7.02. The number of aromatic nitrogens is 2. The first kappa shape index (κ1) is 15.1. The second kappa shape index (κ2) is 6.43. The number of anilines is 2. The minimum atomic E-state index is 0.00441. The maximum atomic E-state index is 12.1. The molecule has 1 atom stereocenters. The van der Waals surface area contributed by atoms with Crippen LogP contribution in [0.25, 0.3) is 0 Å². The van der Waals surface area contributed by atoms with Crippen LogP contribution in [0.5, 0.6) is 0 Å². The van der Waals surface area contributed by atoms with Gasteiger partial charge in [-0.1, -0.05) is 6.07 Å². The Hall–Kier alpha value is -2.30. The molecule has 1 amide bonds. The third-order valence-corrected chi connectivity index (χ3v) is 3.49. The molecule has 0 aliphatic rings. The first-order chi connectivity index (χ1) is 9.97. The lowest BCUT2D eigenvalue weighted by Gasteiger charge is -2.18. The van der Waals surface area contributed by atoms with E-state index in [1.165, 1.54) is 5.56 Å². The van der Waals surface area contributed by atoms with E-state index in [2.05, 4.69) is 17.2 Å². The van der Waals surface area contributed by atoms with E-state index in [9.17, 15) is 4.79 Å². The average Bonchev–Trinajstić information content (AvgIpc) is 2.94. The second-order valence-corrected chi connectivity index (χ2v) is 5.51. The third kappa shape index (κ3) is 3.84. The summed E-state index contributed by atoms with van der Waals surface area (Å²) >= 11 is 0. The minimum absolute atomic E-state index is 0.00441. The Morgan fingerprint density at radius 1 is 1.43 bits per heavy atom. The summed E-state index contributed by atoms with van der Waals surface area (Å²) in [4.78, 5) is 18.2. The van der Waals surface area contributed by atoms with Gasteiger partial charge in [0.25, 0.3) is 0 Å². The van der Waals surface area contributed by atoms with Gasteiger partial charge in [-0.3, -0.25) is 4.79 Å². The first-order valence-electron chi connectivity index (χ1n) is 7.02. The summed E-state index contributed by atoms with van der Waals surface area (Å²) in [5.41, 5.74) is 3.12. The lowest BCUT2D eigenvalue weighted by atomic mass is 10.1. The molecular formula is C16H22N4O. The molecule has 0 saturated carbocycles. The van der Waals surface area contributed by atoms with E-state index in [0.29, 0.717) is 6.42 Å². The summed E-state index contributed by atoms with van der Waals surface area (Å²) in [6, 6.07) is 6.04. The fraction of sp³-hybridized carbons (Fsp3) is 0.375. The van der Waals surface area contributed by atoms with Gasteiger partial charge in [-0.15, -0.1) is 0 Å². The van der Waals surface area contributed by atoms with E-state index in [0.717, 1.165) is 11.4 Å². The largest absolute Gasteiger partial charge is 0.377 e. The monoisotopic (exact) mass is 286 g/mol. The number of rotatable bonds is 5. The Labute approximate surface area is 125 Å². The third-order valence-electron chi connectivity index (χ3n) is 3.49. The second-order valence-electron chi connectivity index (χ2n) is 5.51. The Balaban J connectivity index is 2.01. The molecule has 0 aliphatic heterocycles. The van der Waals surface area contributed by atoms with Crippen LogP contribution in [0, 0.1) is 6.92 Å². The van der Waals surface area contributed by atoms with Crippen molar-refractivity contribution in [2.45, 2.75) is 26.3 Å². The standard InChI is InChI=1S/C16H22N4O/c1-12-5-6-14(10-15(12)19(3)4)18-16(21)9-13(2)20-8-7-17-11-20/h5-8,10-11,13H,9H2,1-4H3,(H,18,21)/t13-/m0/s1. The molecule has 2 rings (SSSR count). The maximum Gasteiger partial charge on any atom is 0.226 e. The zero-order chi connectivity index (χ0) is 15.4. The zero-order valence-corrected chi connectivity index (χ0v) is 13.0. The number of hydrogen-bond acceptors (Lipinski definition) is 3. The lowest BCUT2D eigenvalue weighted by Crippen LogP contribution is -2.17. The van der Waals surface area contributed by atoms with E-state index in [-0.39, 0.29) is 11.9 Å². The van der Waals surface area contributed by atoms with E-state index in [4.69, 9.17) is 0 Å². The molecule has 0 saturated heterocycles. The summed E-state index contributed by atoms with van der Waals surface area (Å²) in [5, 5.41) is 2.96. The zero-order valence-electron chi connectivity index (χ0n) is 13.0. The van der Waals surface area contributed by atoms with Crippen molar-refractivity contribution >= 4 is 17.3 Å². The molecule has 1 aromatic heterocycles. The number of carbonyl (C=O) groups is 1. The Kier molecular flexibility index (Phi) is 4.62. The van der Waals surface area contributed by atoms with Gasteiger partial charge in [0.15, 0.2) is 0 Å². The summed E-state index contributed by atoms with van der Waals surface area (Å²) in [6.07, 6.45) is 5.74. The molecule has 112 valence electrons. The van der Waals surface area contributed by atoms with Crippen molar-refractivity contribution < 1.29 is 4.79 Å². The molecule has 1 heterocycles. The van der Waals surface area contributed by atoms with Crippen molar-refractivity contribution in [3.8, 4) is 0 Å². The number of benzene rings is 1. The molecule has 1 N–H and O–H groups in total. The summed E-state index contributed by atoms with van der Waals surface area (Å²) in [7, 11) is 3.99. The van der Waals surface area contributed by atoms with Crippen LogP contribution >= 0.6 is 0 Å². The van der Waals surface area contributed by atoms with Crippen molar-refractivity contribution in [1.29, 1.82) is 0 Å². The number of amides is 1. The number of carbonyl (C=O) groups excluding carboxylic acids is 1. The molecule has 5 nitrogen and oxygen atoms in total. The van der Waals surface area contributed by atoms with Crippen LogP contribution in [0.4, 0.5) is 11.4 Å². The van der Waals surface area contributed by atoms with Crippen molar-refractivity contribution in [2.24, 2.45) is 0 Å². The highest BCUT2D eigenvalue weighted by atomic mass is 16.1. The van der Waals surface area contributed by atoms with Gasteiger partial charge >= 0.3 is 0 Å². The normalized spacial score (nSPS) is 12.0.